The number of tetrazole rings is 1. The van der Waals surface area contributed by atoms with Crippen LogP contribution < -0.4 is 0 Å². The highest BCUT2D eigenvalue weighted by Gasteiger charge is 2.57. The van der Waals surface area contributed by atoms with Crippen LogP contribution in [-0.4, -0.2) is 83.1 Å². The molecule has 2 aliphatic heterocycles. The molecule has 0 radical (unpaired) electrons. The Kier molecular flexibility index (Phi) is 6.50. The first-order chi connectivity index (χ1) is 16.9. The van der Waals surface area contributed by atoms with E-state index in [-0.39, 0.29) is 23.7 Å². The number of aromatic nitrogens is 7. The van der Waals surface area contributed by atoms with Crippen molar-refractivity contribution in [1.82, 2.24) is 35.6 Å². The lowest BCUT2D eigenvalue weighted by atomic mass is 9.86. The van der Waals surface area contributed by atoms with Crippen molar-refractivity contribution in [1.29, 1.82) is 0 Å². The third kappa shape index (κ3) is 4.40. The highest BCUT2D eigenvalue weighted by atomic mass is 19.2. The standard InChI is InChI=1S/C20H22F3N7O5/c21-11-5-10(6-12(22)16(11)23)13-7-30(29-24-13)17-18(32)14(8-31)35-20(3-1-2-4-34-20)19(17)33-9-15-25-27-28-26-15/h5-7,14,17-19,31-32H,1-4,8-9H2,(H,25,26,27,28)/t14-,17+,18+,19-,20+/m1/s1. The molecule has 2 saturated heterocycles. The van der Waals surface area contributed by atoms with Crippen molar-refractivity contribution in [2.45, 2.75) is 56.0 Å². The average molecular weight is 497 g/mol. The largest absolute Gasteiger partial charge is 0.394 e. The predicted molar refractivity (Wildman–Crippen MR) is 108 cm³/mol. The van der Waals surface area contributed by atoms with Crippen LogP contribution in [0.3, 0.4) is 0 Å². The highest BCUT2D eigenvalue weighted by molar-refractivity contribution is 5.57. The lowest BCUT2D eigenvalue weighted by Crippen LogP contribution is -2.65. The second-order valence-electron chi connectivity index (χ2n) is 8.33. The molecule has 3 N–H and O–H groups in total. The number of ether oxygens (including phenoxy) is 3. The minimum absolute atomic E-state index is 0.0255. The van der Waals surface area contributed by atoms with Crippen LogP contribution in [0.5, 0.6) is 0 Å². The van der Waals surface area contributed by atoms with E-state index >= 15 is 0 Å². The van der Waals surface area contributed by atoms with Crippen LogP contribution >= 0.6 is 0 Å². The van der Waals surface area contributed by atoms with Crippen molar-refractivity contribution in [3.63, 3.8) is 0 Å². The van der Waals surface area contributed by atoms with Crippen LogP contribution in [-0.2, 0) is 20.8 Å². The highest BCUT2D eigenvalue weighted by Crippen LogP contribution is 2.44. The summed E-state index contributed by atoms with van der Waals surface area (Å²) in [6.45, 7) is -0.269. The molecule has 1 spiro atoms. The van der Waals surface area contributed by atoms with Crippen molar-refractivity contribution in [3.05, 3.63) is 41.6 Å². The topological polar surface area (TPSA) is 153 Å². The van der Waals surface area contributed by atoms with Crippen molar-refractivity contribution in [2.24, 2.45) is 0 Å². The molecule has 0 saturated carbocycles. The van der Waals surface area contributed by atoms with E-state index in [9.17, 15) is 23.4 Å². The van der Waals surface area contributed by atoms with Gasteiger partial charge in [0.05, 0.1) is 19.4 Å². The molecule has 0 bridgehead atoms. The Morgan fingerprint density at radius 3 is 2.66 bits per heavy atom. The van der Waals surface area contributed by atoms with Gasteiger partial charge in [-0.1, -0.05) is 10.4 Å². The van der Waals surface area contributed by atoms with Gasteiger partial charge in [0.25, 0.3) is 0 Å². The van der Waals surface area contributed by atoms with Gasteiger partial charge < -0.3 is 24.4 Å². The monoisotopic (exact) mass is 497 g/mol. The number of H-pyrrole nitrogens is 1. The summed E-state index contributed by atoms with van der Waals surface area (Å²) < 4.78 is 60.3. The SMILES string of the molecule is OC[C@H]1O[C@@]2(CCCCO2)[C@H](OCc2nn[nH]n2)[C@@H](n2cc(-c3cc(F)c(F)c(F)c3)nn2)[C@H]1O. The Morgan fingerprint density at radius 2 is 2.00 bits per heavy atom. The molecular weight excluding hydrogens is 475 g/mol. The van der Waals surface area contributed by atoms with E-state index in [1.54, 1.807) is 0 Å². The van der Waals surface area contributed by atoms with Crippen molar-refractivity contribution in [3.8, 4) is 11.3 Å². The molecule has 35 heavy (non-hydrogen) atoms. The molecule has 12 nitrogen and oxygen atoms in total. The first-order valence-electron chi connectivity index (χ1n) is 10.9. The molecule has 15 heteroatoms. The number of rotatable bonds is 6. The zero-order chi connectivity index (χ0) is 24.6. The van der Waals surface area contributed by atoms with Crippen molar-refractivity contribution in [2.75, 3.05) is 13.2 Å². The Balaban J connectivity index is 1.53. The fraction of sp³-hybridized carbons (Fsp3) is 0.550. The van der Waals surface area contributed by atoms with Gasteiger partial charge in [0.15, 0.2) is 29.1 Å². The Hall–Kier alpha value is -2.98. The Bertz CT molecular complexity index is 1130. The first-order valence-corrected chi connectivity index (χ1v) is 10.9. The minimum atomic E-state index is -1.60. The molecule has 5 rings (SSSR count). The maximum Gasteiger partial charge on any atom is 0.200 e. The fourth-order valence-electron chi connectivity index (χ4n) is 4.49. The van der Waals surface area contributed by atoms with Crippen LogP contribution in [0.1, 0.15) is 31.1 Å². The van der Waals surface area contributed by atoms with E-state index in [0.29, 0.717) is 13.0 Å². The van der Waals surface area contributed by atoms with Crippen LogP contribution in [0, 0.1) is 17.5 Å². The van der Waals surface area contributed by atoms with Gasteiger partial charge in [-0.05, 0) is 25.0 Å². The van der Waals surface area contributed by atoms with Gasteiger partial charge in [-0.15, -0.1) is 15.3 Å². The number of halogens is 3. The Labute approximate surface area is 196 Å². The average Bonchev–Trinajstić information content (AvgIpc) is 3.55. The van der Waals surface area contributed by atoms with Gasteiger partial charge in [0.1, 0.15) is 36.7 Å². The molecular formula is C20H22F3N7O5. The molecule has 2 aliphatic rings. The van der Waals surface area contributed by atoms with Crippen LogP contribution in [0.2, 0.25) is 0 Å². The summed E-state index contributed by atoms with van der Waals surface area (Å²) in [7, 11) is 0. The molecule has 5 atom stereocenters. The lowest BCUT2D eigenvalue weighted by Gasteiger charge is -2.52. The molecule has 188 valence electrons. The second kappa shape index (κ2) is 9.58. The van der Waals surface area contributed by atoms with Crippen molar-refractivity contribution < 1.29 is 37.6 Å². The zero-order valence-corrected chi connectivity index (χ0v) is 18.2. The summed E-state index contributed by atoms with van der Waals surface area (Å²) in [6.07, 6.45) is -0.0932. The molecule has 0 unspecified atom stereocenters. The number of nitrogens with one attached hydrogen (secondary N) is 1. The van der Waals surface area contributed by atoms with Gasteiger partial charge in [0.2, 0.25) is 0 Å². The third-order valence-corrected chi connectivity index (χ3v) is 6.15. The number of aromatic amines is 1. The van der Waals surface area contributed by atoms with E-state index in [0.717, 1.165) is 25.0 Å². The second-order valence-corrected chi connectivity index (χ2v) is 8.33. The van der Waals surface area contributed by atoms with E-state index in [2.05, 4.69) is 30.9 Å². The number of aliphatic hydroxyl groups excluding tert-OH is 2. The van der Waals surface area contributed by atoms with Crippen molar-refractivity contribution >= 4 is 0 Å². The molecule has 4 heterocycles. The predicted octanol–water partition coefficient (Wildman–Crippen LogP) is 0.651. The number of benzene rings is 1. The van der Waals surface area contributed by atoms with E-state index in [1.165, 1.54) is 10.9 Å². The molecule has 2 fully saturated rings. The summed E-state index contributed by atoms with van der Waals surface area (Å²) in [5.74, 6) is -5.45. The smallest absolute Gasteiger partial charge is 0.200 e. The number of hydrogen-bond donors (Lipinski definition) is 3. The molecule has 3 aromatic rings. The number of hydrogen-bond acceptors (Lipinski definition) is 10. The molecule has 1 aromatic carbocycles. The Morgan fingerprint density at radius 1 is 1.20 bits per heavy atom. The summed E-state index contributed by atoms with van der Waals surface area (Å²) >= 11 is 0. The molecule has 0 aliphatic carbocycles. The fourth-order valence-corrected chi connectivity index (χ4v) is 4.49. The number of nitrogens with zero attached hydrogens (tertiary/aromatic N) is 6. The first kappa shape index (κ1) is 23.7. The maximum atomic E-state index is 13.8. The van der Waals surface area contributed by atoms with Crippen LogP contribution in [0.25, 0.3) is 11.3 Å². The van der Waals surface area contributed by atoms with E-state index in [1.807, 2.05) is 0 Å². The lowest BCUT2D eigenvalue weighted by molar-refractivity contribution is -0.373. The molecule has 0 amide bonds. The summed E-state index contributed by atoms with van der Waals surface area (Å²) in [5.41, 5.74) is -0.0293. The van der Waals surface area contributed by atoms with Crippen LogP contribution in [0.15, 0.2) is 18.3 Å². The summed E-state index contributed by atoms with van der Waals surface area (Å²) in [6, 6.07) is 0.585. The summed E-state index contributed by atoms with van der Waals surface area (Å²) in [4.78, 5) is 0. The van der Waals surface area contributed by atoms with Crippen LogP contribution in [0.4, 0.5) is 13.2 Å². The van der Waals surface area contributed by atoms with Gasteiger partial charge in [-0.25, -0.2) is 17.9 Å². The maximum absolute atomic E-state index is 13.8. The quantitative estimate of drug-likeness (QED) is 0.414. The normalized spacial score (nSPS) is 29.1. The van der Waals surface area contributed by atoms with E-state index in [4.69, 9.17) is 14.2 Å². The van der Waals surface area contributed by atoms with Gasteiger partial charge >= 0.3 is 0 Å². The third-order valence-electron chi connectivity index (χ3n) is 6.15. The number of aliphatic hydroxyl groups is 2. The molecule has 2 aromatic heterocycles. The minimum Gasteiger partial charge on any atom is -0.394 e. The summed E-state index contributed by atoms with van der Waals surface area (Å²) in [5, 5.41) is 42.5. The van der Waals surface area contributed by atoms with E-state index < -0.39 is 54.2 Å². The van der Waals surface area contributed by atoms with Gasteiger partial charge in [-0.3, -0.25) is 0 Å². The van der Waals surface area contributed by atoms with Gasteiger partial charge in [0, 0.05) is 12.0 Å². The zero-order valence-electron chi connectivity index (χ0n) is 18.2. The van der Waals surface area contributed by atoms with Gasteiger partial charge in [-0.2, -0.15) is 5.21 Å².